The van der Waals surface area contributed by atoms with Crippen LogP contribution in [0, 0.1) is 12.8 Å². The summed E-state index contributed by atoms with van der Waals surface area (Å²) >= 11 is 0.246. The highest BCUT2D eigenvalue weighted by atomic mass is 32.2. The molecule has 3 aromatic heterocycles. The summed E-state index contributed by atoms with van der Waals surface area (Å²) < 4.78 is 19.8. The summed E-state index contributed by atoms with van der Waals surface area (Å²) in [4.78, 5) is 27.3. The maximum absolute atomic E-state index is 13.9. The van der Waals surface area contributed by atoms with Crippen molar-refractivity contribution < 1.29 is 9.29 Å². The van der Waals surface area contributed by atoms with Gasteiger partial charge in [0.2, 0.25) is 5.95 Å². The van der Waals surface area contributed by atoms with Gasteiger partial charge in [0, 0.05) is 67.9 Å². The van der Waals surface area contributed by atoms with E-state index in [0.29, 0.717) is 29.5 Å². The van der Waals surface area contributed by atoms with Gasteiger partial charge in [-0.3, -0.25) is 9.36 Å². The first-order valence-electron chi connectivity index (χ1n) is 14.1. The van der Waals surface area contributed by atoms with Crippen molar-refractivity contribution in [2.24, 2.45) is 5.92 Å². The van der Waals surface area contributed by atoms with Crippen LogP contribution < -0.4 is 21.1 Å². The van der Waals surface area contributed by atoms with Crippen molar-refractivity contribution >= 4 is 56.4 Å². The number of thiophene rings is 1. The Morgan fingerprint density at radius 3 is 2.76 bits per heavy atom. The molecular formula is C31H38N6O3S2. The largest absolute Gasteiger partial charge is 0.611 e. The first-order chi connectivity index (χ1) is 20.3. The number of anilines is 3. The van der Waals surface area contributed by atoms with Gasteiger partial charge in [-0.2, -0.15) is 4.98 Å². The van der Waals surface area contributed by atoms with E-state index in [-0.39, 0.29) is 18.0 Å². The number of aryl methyl sites for hydroxylation is 1. The highest BCUT2D eigenvalue weighted by molar-refractivity contribution is 7.91. The van der Waals surface area contributed by atoms with E-state index in [4.69, 9.17) is 9.72 Å². The molecule has 1 unspecified atom stereocenters. The fourth-order valence-electron chi connectivity index (χ4n) is 5.09. The fraction of sp³-hybridized carbons (Fsp3) is 0.387. The van der Waals surface area contributed by atoms with Gasteiger partial charge in [0.15, 0.2) is 4.90 Å². The number of allylic oxidation sites excluding steroid dienone is 1. The molecule has 0 amide bonds. The van der Waals surface area contributed by atoms with Gasteiger partial charge >= 0.3 is 0 Å². The monoisotopic (exact) mass is 606 g/mol. The zero-order valence-electron chi connectivity index (χ0n) is 24.6. The number of aromatic nitrogens is 3. The standard InChI is InChI=1S/C31H38N6O3S2/c1-20(2)22(4)25-17-23-18-33-31(34-24-6-7-26(21(3)16-24)36-11-9-32-10-12-36)35-29(23)37(30(25)38)19-27-28(8-14-41-27)42(39)15-13-40-5/h6-8,14,16-18,20,32H,4,9-13,15,19H2,1-3,5H3,(H,33,34,35). The van der Waals surface area contributed by atoms with Gasteiger partial charge in [0.1, 0.15) is 11.4 Å². The number of piperazine rings is 1. The zero-order valence-corrected chi connectivity index (χ0v) is 26.2. The molecule has 1 saturated heterocycles. The number of hydrogen-bond acceptors (Lipinski definition) is 9. The summed E-state index contributed by atoms with van der Waals surface area (Å²) in [5, 5.41) is 9.38. The van der Waals surface area contributed by atoms with Crippen molar-refractivity contribution in [3.8, 4) is 0 Å². The van der Waals surface area contributed by atoms with Crippen molar-refractivity contribution in [1.82, 2.24) is 19.9 Å². The number of hydrogen-bond donors (Lipinski definition) is 2. The Kier molecular flexibility index (Phi) is 9.64. The van der Waals surface area contributed by atoms with E-state index in [1.807, 2.05) is 37.4 Å². The number of nitrogens with zero attached hydrogens (tertiary/aromatic N) is 4. The van der Waals surface area contributed by atoms with Crippen LogP contribution in [0.25, 0.3) is 16.6 Å². The number of ether oxygens (including phenoxy) is 1. The molecule has 11 heteroatoms. The third-order valence-electron chi connectivity index (χ3n) is 7.50. The summed E-state index contributed by atoms with van der Waals surface area (Å²) in [6.45, 7) is 14.9. The van der Waals surface area contributed by atoms with E-state index in [1.165, 1.54) is 22.6 Å². The molecule has 1 aromatic carbocycles. The lowest BCUT2D eigenvalue weighted by atomic mass is 9.97. The second-order valence-electron chi connectivity index (χ2n) is 10.7. The Hall–Kier alpha value is -3.22. The molecule has 9 nitrogen and oxygen atoms in total. The Balaban J connectivity index is 1.52. The van der Waals surface area contributed by atoms with Gasteiger partial charge in [-0.05, 0) is 64.8 Å². The van der Waals surface area contributed by atoms with Crippen molar-refractivity contribution in [2.75, 3.05) is 55.9 Å². The lowest BCUT2D eigenvalue weighted by Gasteiger charge is -2.30. The number of nitrogens with one attached hydrogen (secondary N) is 2. The van der Waals surface area contributed by atoms with Gasteiger partial charge in [-0.15, -0.1) is 11.3 Å². The molecule has 0 spiro atoms. The highest BCUT2D eigenvalue weighted by Crippen LogP contribution is 2.28. The van der Waals surface area contributed by atoms with Crippen LogP contribution in [0.1, 0.15) is 29.9 Å². The number of fused-ring (bicyclic) bond motifs is 1. The van der Waals surface area contributed by atoms with Crippen molar-refractivity contribution in [2.45, 2.75) is 32.2 Å². The number of rotatable bonds is 11. The molecule has 4 aromatic rings. The summed E-state index contributed by atoms with van der Waals surface area (Å²) in [6.07, 6.45) is 1.74. The van der Waals surface area contributed by atoms with Crippen LogP contribution in [0.15, 0.2) is 58.2 Å². The predicted molar refractivity (Wildman–Crippen MR) is 174 cm³/mol. The molecule has 0 aliphatic carbocycles. The molecule has 4 heterocycles. The SMILES string of the molecule is C=C(c1cc2cnc(Nc3ccc(N4CCNCC4)c(C)c3)nc2n(Cc2sccc2[S+]([O-])CCOC)c1=O)C(C)C. The molecule has 2 N–H and O–H groups in total. The molecule has 42 heavy (non-hydrogen) atoms. The van der Waals surface area contributed by atoms with Gasteiger partial charge < -0.3 is 24.8 Å². The van der Waals surface area contributed by atoms with Crippen LogP contribution >= 0.6 is 11.3 Å². The Bertz CT molecular complexity index is 1630. The minimum absolute atomic E-state index is 0.0942. The third-order valence-corrected chi connectivity index (χ3v) is 9.95. The Morgan fingerprint density at radius 1 is 1.26 bits per heavy atom. The van der Waals surface area contributed by atoms with Gasteiger partial charge in [0.25, 0.3) is 5.56 Å². The molecule has 1 aliphatic heterocycles. The van der Waals surface area contributed by atoms with Crippen LogP contribution in [0.4, 0.5) is 17.3 Å². The number of pyridine rings is 1. The highest BCUT2D eigenvalue weighted by Gasteiger charge is 2.22. The molecule has 0 radical (unpaired) electrons. The normalized spacial score (nSPS) is 14.5. The quantitative estimate of drug-likeness (QED) is 0.235. The molecule has 0 saturated carbocycles. The van der Waals surface area contributed by atoms with Crippen LogP contribution in [0.5, 0.6) is 0 Å². The fourth-order valence-corrected chi connectivity index (χ4v) is 7.43. The van der Waals surface area contributed by atoms with Crippen molar-refractivity contribution in [3.63, 3.8) is 0 Å². The van der Waals surface area contributed by atoms with Gasteiger partial charge in [0.05, 0.1) is 18.0 Å². The summed E-state index contributed by atoms with van der Waals surface area (Å²) in [6, 6.07) is 9.96. The number of methoxy groups -OCH3 is 1. The first-order valence-corrected chi connectivity index (χ1v) is 16.3. The van der Waals surface area contributed by atoms with E-state index < -0.39 is 11.2 Å². The lowest BCUT2D eigenvalue weighted by molar-refractivity contribution is 0.217. The topological polar surface area (TPSA) is 107 Å². The third kappa shape index (κ3) is 6.55. The molecule has 1 fully saturated rings. The second kappa shape index (κ2) is 13.4. The molecule has 5 rings (SSSR count). The van der Waals surface area contributed by atoms with Gasteiger partial charge in [-0.25, -0.2) is 4.98 Å². The summed E-state index contributed by atoms with van der Waals surface area (Å²) in [5.74, 6) is 0.885. The summed E-state index contributed by atoms with van der Waals surface area (Å²) in [5.41, 5.74) is 4.90. The smallest absolute Gasteiger partial charge is 0.260 e. The predicted octanol–water partition coefficient (Wildman–Crippen LogP) is 4.79. The Morgan fingerprint density at radius 2 is 2.05 bits per heavy atom. The maximum Gasteiger partial charge on any atom is 0.260 e. The van der Waals surface area contributed by atoms with E-state index in [2.05, 4.69) is 46.2 Å². The average molecular weight is 607 g/mol. The van der Waals surface area contributed by atoms with Crippen LogP contribution in [0.3, 0.4) is 0 Å². The van der Waals surface area contributed by atoms with Gasteiger partial charge in [-0.1, -0.05) is 20.4 Å². The summed E-state index contributed by atoms with van der Waals surface area (Å²) in [7, 11) is 1.60. The van der Waals surface area contributed by atoms with Crippen LogP contribution in [-0.4, -0.2) is 64.7 Å². The van der Waals surface area contributed by atoms with E-state index >= 15 is 0 Å². The second-order valence-corrected chi connectivity index (χ2v) is 13.3. The molecular weight excluding hydrogens is 569 g/mol. The van der Waals surface area contributed by atoms with E-state index in [9.17, 15) is 9.35 Å². The number of benzene rings is 1. The molecule has 0 bridgehead atoms. The van der Waals surface area contributed by atoms with E-state index in [1.54, 1.807) is 17.9 Å². The van der Waals surface area contributed by atoms with Crippen LogP contribution in [-0.2, 0) is 22.5 Å². The van der Waals surface area contributed by atoms with Crippen molar-refractivity contribution in [3.05, 3.63) is 74.8 Å². The Labute approximate surface area is 253 Å². The van der Waals surface area contributed by atoms with E-state index in [0.717, 1.165) is 52.6 Å². The zero-order chi connectivity index (χ0) is 29.8. The lowest BCUT2D eigenvalue weighted by Crippen LogP contribution is -2.43. The maximum atomic E-state index is 13.9. The first kappa shape index (κ1) is 30.2. The molecule has 1 aliphatic rings. The molecule has 222 valence electrons. The van der Waals surface area contributed by atoms with Crippen LogP contribution in [0.2, 0.25) is 0 Å². The minimum atomic E-state index is -1.24. The minimum Gasteiger partial charge on any atom is -0.611 e. The van der Waals surface area contributed by atoms with Crippen molar-refractivity contribution in [1.29, 1.82) is 0 Å². The average Bonchev–Trinajstić information content (AvgIpc) is 3.46. The molecule has 1 atom stereocenters.